The average Bonchev–Trinajstić information content (AvgIpc) is 2.08. The van der Waals surface area contributed by atoms with Crippen LogP contribution in [0.2, 0.25) is 0 Å². The topological polar surface area (TPSA) is 0 Å². The Bertz CT molecular complexity index is 219. The average molecular weight is 181 g/mol. The molecule has 0 aromatic carbocycles. The molecule has 0 aliphatic carbocycles. The van der Waals surface area contributed by atoms with Crippen molar-refractivity contribution in [1.29, 1.82) is 0 Å². The van der Waals surface area contributed by atoms with Crippen molar-refractivity contribution in [3.05, 3.63) is 27.3 Å². The predicted molar refractivity (Wildman–Crippen MR) is 58.2 cm³/mol. The maximum Gasteiger partial charge on any atom is 0.127 e. The van der Waals surface area contributed by atoms with Gasteiger partial charge in [-0.3, -0.25) is 0 Å². The van der Waals surface area contributed by atoms with Gasteiger partial charge in [0.15, 0.2) is 0 Å². The van der Waals surface area contributed by atoms with E-state index in [-0.39, 0.29) is 7.53 Å². The molecule has 0 amide bonds. The summed E-state index contributed by atoms with van der Waals surface area (Å²) in [4.78, 5) is 0. The van der Waals surface area contributed by atoms with Crippen LogP contribution in [0.25, 0.3) is 0 Å². The fraction of sp³-hybridized carbons (Fsp3) is 0.545. The van der Waals surface area contributed by atoms with E-state index in [4.69, 9.17) is 0 Å². The quantitative estimate of drug-likeness (QED) is 0.566. The molecule has 1 aromatic rings. The van der Waals surface area contributed by atoms with Gasteiger partial charge in [0.05, 0.1) is 0 Å². The van der Waals surface area contributed by atoms with Gasteiger partial charge in [-0.25, -0.2) is 0 Å². The normalized spacial score (nSPS) is 10.5. The zero-order chi connectivity index (χ0) is 9.46. The Morgan fingerprint density at radius 1 is 0.667 bits per heavy atom. The predicted octanol–water partition coefficient (Wildman–Crippen LogP) is 4.03. The van der Waals surface area contributed by atoms with Crippen molar-refractivity contribution in [2.75, 3.05) is 0 Å². The lowest BCUT2D eigenvalue weighted by atomic mass is 10.1. The first-order chi connectivity index (χ1) is 5.46. The SMILES string of the molecule is Cc1c(C)c(C)[p+](C)c(C)c1C. The van der Waals surface area contributed by atoms with E-state index in [2.05, 4.69) is 41.3 Å². The highest BCUT2D eigenvalue weighted by atomic mass is 31.1. The van der Waals surface area contributed by atoms with E-state index in [0.717, 1.165) is 0 Å². The molecule has 0 aliphatic heterocycles. The summed E-state index contributed by atoms with van der Waals surface area (Å²) >= 11 is 0. The molecule has 0 unspecified atom stereocenters. The first kappa shape index (κ1) is 9.74. The summed E-state index contributed by atoms with van der Waals surface area (Å²) in [6.45, 7) is 13.7. The Hall–Kier alpha value is -0.350. The van der Waals surface area contributed by atoms with E-state index in [1.807, 2.05) is 0 Å². The largest absolute Gasteiger partial charge is 0.127 e. The number of hydrogen-bond acceptors (Lipinski definition) is 0. The van der Waals surface area contributed by atoms with Crippen LogP contribution in [0, 0.1) is 34.6 Å². The van der Waals surface area contributed by atoms with Crippen LogP contribution in [0.3, 0.4) is 0 Å². The van der Waals surface area contributed by atoms with Crippen molar-refractivity contribution in [2.45, 2.75) is 34.6 Å². The summed E-state index contributed by atoms with van der Waals surface area (Å²) in [6, 6.07) is 0. The molecule has 0 aliphatic rings. The molecular weight excluding hydrogens is 163 g/mol. The molecule has 0 spiro atoms. The zero-order valence-electron chi connectivity index (χ0n) is 8.95. The summed E-state index contributed by atoms with van der Waals surface area (Å²) in [6.07, 6.45) is 0. The van der Waals surface area contributed by atoms with Crippen LogP contribution < -0.4 is 0 Å². The molecule has 12 heavy (non-hydrogen) atoms. The van der Waals surface area contributed by atoms with E-state index < -0.39 is 0 Å². The number of rotatable bonds is 0. The van der Waals surface area contributed by atoms with Crippen LogP contribution >= 0.6 is 7.53 Å². The number of hydrogen-bond donors (Lipinski definition) is 0. The van der Waals surface area contributed by atoms with E-state index in [1.54, 1.807) is 10.6 Å². The molecule has 66 valence electrons. The Morgan fingerprint density at radius 2 is 1.00 bits per heavy atom. The highest BCUT2D eigenvalue weighted by molar-refractivity contribution is 7.49. The van der Waals surface area contributed by atoms with Gasteiger partial charge in [-0.05, 0) is 37.5 Å². The van der Waals surface area contributed by atoms with Crippen molar-refractivity contribution in [3.8, 4) is 0 Å². The minimum absolute atomic E-state index is 0.0190. The minimum atomic E-state index is 0.0190. The first-order valence-corrected chi connectivity index (χ1v) is 6.18. The molecule has 0 N–H and O–H groups in total. The Labute approximate surface area is 76.7 Å². The van der Waals surface area contributed by atoms with Gasteiger partial charge in [0.25, 0.3) is 0 Å². The van der Waals surface area contributed by atoms with Crippen molar-refractivity contribution >= 4 is 7.53 Å². The third-order valence-corrected chi connectivity index (χ3v) is 5.90. The highest BCUT2D eigenvalue weighted by Crippen LogP contribution is 2.39. The summed E-state index contributed by atoms with van der Waals surface area (Å²) < 4.78 is 0. The third kappa shape index (κ3) is 1.29. The van der Waals surface area contributed by atoms with Crippen LogP contribution in [-0.4, -0.2) is 0 Å². The van der Waals surface area contributed by atoms with Crippen molar-refractivity contribution in [2.24, 2.45) is 6.66 Å². The van der Waals surface area contributed by atoms with Gasteiger partial charge in [0, 0.05) is 13.8 Å². The zero-order valence-corrected chi connectivity index (χ0v) is 9.84. The molecule has 1 heterocycles. The van der Waals surface area contributed by atoms with E-state index in [0.29, 0.717) is 0 Å². The molecule has 0 nitrogen and oxygen atoms in total. The summed E-state index contributed by atoms with van der Waals surface area (Å²) in [5.41, 5.74) is 4.53. The highest BCUT2D eigenvalue weighted by Gasteiger charge is 2.17. The molecule has 1 rings (SSSR count). The molecular formula is C11H18P+. The molecule has 1 heteroatoms. The molecule has 0 radical (unpaired) electrons. The van der Waals surface area contributed by atoms with Crippen LogP contribution in [0.4, 0.5) is 0 Å². The lowest BCUT2D eigenvalue weighted by Crippen LogP contribution is -1.92. The van der Waals surface area contributed by atoms with Crippen molar-refractivity contribution in [1.82, 2.24) is 0 Å². The minimum Gasteiger partial charge on any atom is -0.0389 e. The molecule has 0 bridgehead atoms. The molecule has 0 fully saturated rings. The van der Waals surface area contributed by atoms with Crippen molar-refractivity contribution < 1.29 is 0 Å². The van der Waals surface area contributed by atoms with E-state index >= 15 is 0 Å². The lowest BCUT2D eigenvalue weighted by Gasteiger charge is -2.07. The molecule has 1 aromatic heterocycles. The monoisotopic (exact) mass is 181 g/mol. The second-order valence-corrected chi connectivity index (χ2v) is 6.06. The van der Waals surface area contributed by atoms with Crippen LogP contribution in [-0.2, 0) is 6.66 Å². The fourth-order valence-corrected chi connectivity index (χ4v) is 3.42. The smallest absolute Gasteiger partial charge is 0.0389 e. The Morgan fingerprint density at radius 3 is 1.33 bits per heavy atom. The Kier molecular flexibility index (Phi) is 2.58. The second-order valence-electron chi connectivity index (χ2n) is 3.60. The van der Waals surface area contributed by atoms with Gasteiger partial charge in [0.2, 0.25) is 0 Å². The van der Waals surface area contributed by atoms with Gasteiger partial charge in [0.1, 0.15) is 24.8 Å². The van der Waals surface area contributed by atoms with E-state index in [9.17, 15) is 0 Å². The van der Waals surface area contributed by atoms with Crippen molar-refractivity contribution in [3.63, 3.8) is 0 Å². The summed E-state index contributed by atoms with van der Waals surface area (Å²) in [5.74, 6) is 0. The maximum absolute atomic E-state index is 2.36. The van der Waals surface area contributed by atoms with E-state index in [1.165, 1.54) is 16.7 Å². The fourth-order valence-electron chi connectivity index (χ4n) is 1.58. The van der Waals surface area contributed by atoms with Crippen LogP contribution in [0.1, 0.15) is 27.3 Å². The lowest BCUT2D eigenvalue weighted by molar-refractivity contribution is 1.23. The van der Waals surface area contributed by atoms with Gasteiger partial charge in [-0.2, -0.15) is 0 Å². The van der Waals surface area contributed by atoms with Crippen LogP contribution in [0.5, 0.6) is 0 Å². The Balaban J connectivity index is 3.60. The maximum atomic E-state index is 2.36. The summed E-state index contributed by atoms with van der Waals surface area (Å²) in [7, 11) is 0.0190. The second kappa shape index (κ2) is 3.18. The molecule has 0 atom stereocenters. The third-order valence-electron chi connectivity index (χ3n) is 3.22. The van der Waals surface area contributed by atoms with Gasteiger partial charge in [-0.1, -0.05) is 0 Å². The molecule has 0 saturated heterocycles. The van der Waals surface area contributed by atoms with Gasteiger partial charge < -0.3 is 0 Å². The summed E-state index contributed by atoms with van der Waals surface area (Å²) in [5, 5.41) is 3.20. The first-order valence-electron chi connectivity index (χ1n) is 4.39. The molecule has 0 saturated carbocycles. The van der Waals surface area contributed by atoms with Gasteiger partial charge in [-0.15, -0.1) is 0 Å². The van der Waals surface area contributed by atoms with Gasteiger partial charge >= 0.3 is 0 Å². The van der Waals surface area contributed by atoms with Crippen LogP contribution in [0.15, 0.2) is 0 Å². The standard InChI is InChI=1S/C11H18P/c1-7-8(2)10(4)12(6)11(5)9(7)3/h1-6H3/q+1.